The number of benzene rings is 1. The van der Waals surface area contributed by atoms with Crippen LogP contribution in [0.25, 0.3) is 0 Å². The Morgan fingerprint density at radius 2 is 2.11 bits per heavy atom. The van der Waals surface area contributed by atoms with Crippen molar-refractivity contribution in [3.8, 4) is 17.2 Å². The average Bonchev–Trinajstić information content (AvgIpc) is 2.37. The summed E-state index contributed by atoms with van der Waals surface area (Å²) in [4.78, 5) is 0. The van der Waals surface area contributed by atoms with E-state index in [0.717, 1.165) is 24.2 Å². The Hall–Kier alpha value is -1.42. The van der Waals surface area contributed by atoms with Crippen molar-refractivity contribution in [3.05, 3.63) is 17.7 Å². The van der Waals surface area contributed by atoms with Gasteiger partial charge in [-0.3, -0.25) is 0 Å². The summed E-state index contributed by atoms with van der Waals surface area (Å²) in [5.41, 5.74) is 6.98. The van der Waals surface area contributed by atoms with Crippen LogP contribution < -0.4 is 19.9 Å². The molecule has 0 saturated heterocycles. The SMILES string of the molecule is CCC1(C)CC(N)c2ccc(OC)c(OC)c2O1. The summed E-state index contributed by atoms with van der Waals surface area (Å²) in [5.74, 6) is 2.02. The molecule has 18 heavy (non-hydrogen) atoms. The summed E-state index contributed by atoms with van der Waals surface area (Å²) in [6.45, 7) is 4.18. The summed E-state index contributed by atoms with van der Waals surface area (Å²) >= 11 is 0. The molecule has 100 valence electrons. The van der Waals surface area contributed by atoms with Crippen molar-refractivity contribution in [2.24, 2.45) is 5.73 Å². The second-order valence-corrected chi connectivity index (χ2v) is 4.94. The van der Waals surface area contributed by atoms with E-state index < -0.39 is 0 Å². The molecular weight excluding hydrogens is 230 g/mol. The fourth-order valence-corrected chi connectivity index (χ4v) is 2.39. The summed E-state index contributed by atoms with van der Waals surface area (Å²) in [6, 6.07) is 3.80. The smallest absolute Gasteiger partial charge is 0.203 e. The molecule has 2 atom stereocenters. The summed E-state index contributed by atoms with van der Waals surface area (Å²) in [5, 5.41) is 0. The lowest BCUT2D eigenvalue weighted by Crippen LogP contribution is -2.39. The molecule has 1 aliphatic heterocycles. The topological polar surface area (TPSA) is 53.7 Å². The maximum absolute atomic E-state index is 6.24. The molecule has 1 aromatic rings. The molecule has 1 aromatic carbocycles. The first kappa shape index (κ1) is 13.0. The van der Waals surface area contributed by atoms with Crippen LogP contribution in [0.3, 0.4) is 0 Å². The zero-order valence-corrected chi connectivity index (χ0v) is 11.4. The highest BCUT2D eigenvalue weighted by Gasteiger charge is 2.37. The van der Waals surface area contributed by atoms with Gasteiger partial charge in [-0.05, 0) is 25.5 Å². The first-order chi connectivity index (χ1) is 8.54. The van der Waals surface area contributed by atoms with Gasteiger partial charge in [0.25, 0.3) is 0 Å². The van der Waals surface area contributed by atoms with Crippen molar-refractivity contribution < 1.29 is 14.2 Å². The monoisotopic (exact) mass is 251 g/mol. The first-order valence-corrected chi connectivity index (χ1v) is 6.24. The minimum atomic E-state index is -0.244. The Balaban J connectivity index is 2.54. The van der Waals surface area contributed by atoms with Gasteiger partial charge in [-0.25, -0.2) is 0 Å². The van der Waals surface area contributed by atoms with Crippen LogP contribution >= 0.6 is 0 Å². The van der Waals surface area contributed by atoms with Gasteiger partial charge in [-0.2, -0.15) is 0 Å². The van der Waals surface area contributed by atoms with E-state index in [-0.39, 0.29) is 11.6 Å². The molecule has 2 N–H and O–H groups in total. The van der Waals surface area contributed by atoms with E-state index in [2.05, 4.69) is 13.8 Å². The number of ether oxygens (including phenoxy) is 3. The lowest BCUT2D eigenvalue weighted by molar-refractivity contribution is 0.0464. The normalized spacial score (nSPS) is 26.2. The van der Waals surface area contributed by atoms with E-state index in [1.54, 1.807) is 14.2 Å². The van der Waals surface area contributed by atoms with Crippen LogP contribution in [-0.4, -0.2) is 19.8 Å². The van der Waals surface area contributed by atoms with Crippen LogP contribution in [0, 0.1) is 0 Å². The van der Waals surface area contributed by atoms with Crippen LogP contribution in [0.2, 0.25) is 0 Å². The quantitative estimate of drug-likeness (QED) is 0.897. The predicted octanol–water partition coefficient (Wildman–Crippen LogP) is 2.65. The van der Waals surface area contributed by atoms with E-state index in [1.807, 2.05) is 12.1 Å². The highest BCUT2D eigenvalue weighted by molar-refractivity contribution is 5.57. The number of nitrogens with two attached hydrogens (primary N) is 1. The number of hydrogen-bond donors (Lipinski definition) is 1. The fourth-order valence-electron chi connectivity index (χ4n) is 2.39. The maximum Gasteiger partial charge on any atom is 0.203 e. The van der Waals surface area contributed by atoms with Crippen LogP contribution in [0.1, 0.15) is 38.3 Å². The summed E-state index contributed by atoms with van der Waals surface area (Å²) in [6.07, 6.45) is 1.71. The lowest BCUT2D eigenvalue weighted by Gasteiger charge is -2.39. The molecule has 1 aliphatic rings. The van der Waals surface area contributed by atoms with E-state index in [4.69, 9.17) is 19.9 Å². The minimum absolute atomic E-state index is 0.0292. The number of rotatable bonds is 3. The second-order valence-electron chi connectivity index (χ2n) is 4.94. The highest BCUT2D eigenvalue weighted by atomic mass is 16.5. The molecule has 0 bridgehead atoms. The summed E-state index contributed by atoms with van der Waals surface area (Å²) in [7, 11) is 3.23. The largest absolute Gasteiger partial charge is 0.493 e. The third-order valence-corrected chi connectivity index (χ3v) is 3.68. The Labute approximate surface area is 108 Å². The van der Waals surface area contributed by atoms with Gasteiger partial charge in [-0.15, -0.1) is 0 Å². The molecule has 0 aliphatic carbocycles. The van der Waals surface area contributed by atoms with Crippen molar-refractivity contribution in [2.75, 3.05) is 14.2 Å². The molecule has 0 fully saturated rings. The van der Waals surface area contributed by atoms with Gasteiger partial charge in [0.1, 0.15) is 5.60 Å². The zero-order chi connectivity index (χ0) is 13.3. The molecule has 0 aromatic heterocycles. The molecule has 1 heterocycles. The molecule has 0 radical (unpaired) electrons. The van der Waals surface area contributed by atoms with Crippen molar-refractivity contribution in [2.45, 2.75) is 38.3 Å². The van der Waals surface area contributed by atoms with Crippen molar-refractivity contribution in [1.82, 2.24) is 0 Å². The van der Waals surface area contributed by atoms with Gasteiger partial charge < -0.3 is 19.9 Å². The zero-order valence-electron chi connectivity index (χ0n) is 11.4. The van der Waals surface area contributed by atoms with E-state index >= 15 is 0 Å². The van der Waals surface area contributed by atoms with Gasteiger partial charge >= 0.3 is 0 Å². The van der Waals surface area contributed by atoms with E-state index in [1.165, 1.54) is 0 Å². The molecular formula is C14H21NO3. The molecule has 2 unspecified atom stereocenters. The molecule has 4 nitrogen and oxygen atoms in total. The Morgan fingerprint density at radius 1 is 1.39 bits per heavy atom. The molecule has 0 amide bonds. The second kappa shape index (κ2) is 4.69. The van der Waals surface area contributed by atoms with Gasteiger partial charge in [0.2, 0.25) is 5.75 Å². The first-order valence-electron chi connectivity index (χ1n) is 6.24. The minimum Gasteiger partial charge on any atom is -0.493 e. The number of fused-ring (bicyclic) bond motifs is 1. The number of hydrogen-bond acceptors (Lipinski definition) is 4. The fraction of sp³-hybridized carbons (Fsp3) is 0.571. The van der Waals surface area contributed by atoms with Crippen molar-refractivity contribution >= 4 is 0 Å². The van der Waals surface area contributed by atoms with Gasteiger partial charge in [-0.1, -0.05) is 6.92 Å². The third-order valence-electron chi connectivity index (χ3n) is 3.68. The molecule has 0 spiro atoms. The highest BCUT2D eigenvalue weighted by Crippen LogP contribution is 2.48. The van der Waals surface area contributed by atoms with Crippen LogP contribution in [0.15, 0.2) is 12.1 Å². The molecule has 4 heteroatoms. The van der Waals surface area contributed by atoms with Crippen LogP contribution in [0.5, 0.6) is 17.2 Å². The Morgan fingerprint density at radius 3 is 2.67 bits per heavy atom. The van der Waals surface area contributed by atoms with Crippen molar-refractivity contribution in [1.29, 1.82) is 0 Å². The van der Waals surface area contributed by atoms with Crippen LogP contribution in [-0.2, 0) is 0 Å². The third kappa shape index (κ3) is 2.01. The van der Waals surface area contributed by atoms with Gasteiger partial charge in [0, 0.05) is 18.0 Å². The van der Waals surface area contributed by atoms with Crippen molar-refractivity contribution in [3.63, 3.8) is 0 Å². The average molecular weight is 251 g/mol. The summed E-state index contributed by atoms with van der Waals surface area (Å²) < 4.78 is 16.8. The van der Waals surface area contributed by atoms with Crippen LogP contribution in [0.4, 0.5) is 0 Å². The lowest BCUT2D eigenvalue weighted by atomic mass is 9.87. The van der Waals surface area contributed by atoms with E-state index in [0.29, 0.717) is 11.5 Å². The Kier molecular flexibility index (Phi) is 3.39. The predicted molar refractivity (Wildman–Crippen MR) is 70.4 cm³/mol. The number of methoxy groups -OCH3 is 2. The van der Waals surface area contributed by atoms with Gasteiger partial charge in [0.15, 0.2) is 11.5 Å². The standard InChI is InChI=1S/C14H21NO3/c1-5-14(2)8-10(15)9-6-7-11(16-3)13(17-4)12(9)18-14/h6-7,10H,5,8,15H2,1-4H3. The van der Waals surface area contributed by atoms with Gasteiger partial charge in [0.05, 0.1) is 14.2 Å². The maximum atomic E-state index is 6.24. The molecule has 2 rings (SSSR count). The van der Waals surface area contributed by atoms with E-state index in [9.17, 15) is 0 Å². The molecule has 0 saturated carbocycles. The Bertz CT molecular complexity index is 447.